The van der Waals surface area contributed by atoms with Crippen LogP contribution in [-0.4, -0.2) is 21.5 Å². The number of nitrogens with zero attached hydrogens (tertiary/aromatic N) is 3. The molecule has 2 aromatic heterocycles. The topological polar surface area (TPSA) is 50.7 Å². The van der Waals surface area contributed by atoms with E-state index in [1.807, 2.05) is 19.2 Å². The van der Waals surface area contributed by atoms with Gasteiger partial charge in [-0.2, -0.15) is 0 Å². The van der Waals surface area contributed by atoms with Crippen molar-refractivity contribution in [3.8, 4) is 0 Å². The van der Waals surface area contributed by atoms with E-state index in [0.29, 0.717) is 0 Å². The van der Waals surface area contributed by atoms with Crippen LogP contribution in [0.5, 0.6) is 0 Å². The van der Waals surface area contributed by atoms with Crippen LogP contribution in [0, 0.1) is 6.92 Å². The maximum Gasteiger partial charge on any atom is 0.132 e. The van der Waals surface area contributed by atoms with Crippen LogP contribution in [0.3, 0.4) is 0 Å². The van der Waals surface area contributed by atoms with E-state index < -0.39 is 0 Å². The Hall–Kier alpha value is -1.97. The normalized spacial score (nSPS) is 10.2. The Morgan fingerprint density at radius 1 is 1.29 bits per heavy atom. The van der Waals surface area contributed by atoms with Crippen LogP contribution in [0.15, 0.2) is 30.9 Å². The van der Waals surface area contributed by atoms with Crippen molar-refractivity contribution in [1.82, 2.24) is 15.0 Å². The standard InChI is InChI=1S/C13H16N4/c1-3-15-13-10(2)12(16-9-17-13)7-11-5-4-6-14-8-11/h4-6,8-9H,3,7H2,1-2H3,(H,15,16,17). The largest absolute Gasteiger partial charge is 0.370 e. The highest BCUT2D eigenvalue weighted by Crippen LogP contribution is 2.16. The van der Waals surface area contributed by atoms with E-state index >= 15 is 0 Å². The van der Waals surface area contributed by atoms with Gasteiger partial charge in [-0.05, 0) is 25.5 Å². The molecule has 17 heavy (non-hydrogen) atoms. The molecule has 0 aliphatic heterocycles. The molecule has 0 spiro atoms. The van der Waals surface area contributed by atoms with Crippen molar-refractivity contribution in [3.05, 3.63) is 47.7 Å². The van der Waals surface area contributed by atoms with E-state index in [4.69, 9.17) is 0 Å². The highest BCUT2D eigenvalue weighted by atomic mass is 15.0. The summed E-state index contributed by atoms with van der Waals surface area (Å²) >= 11 is 0. The van der Waals surface area contributed by atoms with Crippen molar-refractivity contribution in [2.75, 3.05) is 11.9 Å². The van der Waals surface area contributed by atoms with E-state index in [2.05, 4.69) is 33.3 Å². The first kappa shape index (κ1) is 11.5. The number of anilines is 1. The van der Waals surface area contributed by atoms with E-state index in [0.717, 1.165) is 35.6 Å². The van der Waals surface area contributed by atoms with Crippen molar-refractivity contribution < 1.29 is 0 Å². The van der Waals surface area contributed by atoms with Crippen molar-refractivity contribution in [2.45, 2.75) is 20.3 Å². The molecule has 2 rings (SSSR count). The van der Waals surface area contributed by atoms with E-state index in [1.54, 1.807) is 12.5 Å². The molecule has 0 atom stereocenters. The summed E-state index contributed by atoms with van der Waals surface area (Å²) in [6.45, 7) is 4.97. The van der Waals surface area contributed by atoms with Crippen LogP contribution in [-0.2, 0) is 6.42 Å². The number of pyridine rings is 1. The Labute approximate surface area is 101 Å². The van der Waals surface area contributed by atoms with Gasteiger partial charge in [0.15, 0.2) is 0 Å². The summed E-state index contributed by atoms with van der Waals surface area (Å²) in [6, 6.07) is 4.00. The van der Waals surface area contributed by atoms with Gasteiger partial charge in [-0.3, -0.25) is 4.98 Å². The molecule has 2 aromatic rings. The lowest BCUT2D eigenvalue weighted by molar-refractivity contribution is 0.980. The maximum absolute atomic E-state index is 4.34. The lowest BCUT2D eigenvalue weighted by Gasteiger charge is -2.09. The van der Waals surface area contributed by atoms with Crippen molar-refractivity contribution >= 4 is 5.82 Å². The fourth-order valence-electron chi connectivity index (χ4n) is 1.71. The minimum atomic E-state index is 0.792. The van der Waals surface area contributed by atoms with Gasteiger partial charge in [0.1, 0.15) is 12.1 Å². The predicted octanol–water partition coefficient (Wildman–Crippen LogP) is 2.20. The fraction of sp³-hybridized carbons (Fsp3) is 0.308. The summed E-state index contributed by atoms with van der Waals surface area (Å²) in [5.41, 5.74) is 3.32. The Morgan fingerprint density at radius 2 is 2.18 bits per heavy atom. The molecule has 4 heteroatoms. The quantitative estimate of drug-likeness (QED) is 0.871. The Morgan fingerprint density at radius 3 is 2.88 bits per heavy atom. The van der Waals surface area contributed by atoms with Crippen LogP contribution >= 0.6 is 0 Å². The molecule has 0 fully saturated rings. The van der Waals surface area contributed by atoms with Crippen LogP contribution < -0.4 is 5.32 Å². The van der Waals surface area contributed by atoms with Gasteiger partial charge in [-0.15, -0.1) is 0 Å². The Kier molecular flexibility index (Phi) is 3.65. The third-order valence-corrected chi connectivity index (χ3v) is 2.63. The predicted molar refractivity (Wildman–Crippen MR) is 68.0 cm³/mol. The Bertz CT molecular complexity index is 482. The third kappa shape index (κ3) is 2.78. The molecule has 0 aliphatic rings. The molecule has 0 aliphatic carbocycles. The van der Waals surface area contributed by atoms with Crippen LogP contribution in [0.25, 0.3) is 0 Å². The smallest absolute Gasteiger partial charge is 0.132 e. The molecule has 1 N–H and O–H groups in total. The number of aromatic nitrogens is 3. The molecule has 0 aromatic carbocycles. The van der Waals surface area contributed by atoms with Gasteiger partial charge in [0.05, 0.1) is 5.69 Å². The number of nitrogens with one attached hydrogen (secondary N) is 1. The van der Waals surface area contributed by atoms with E-state index in [1.165, 1.54) is 0 Å². The van der Waals surface area contributed by atoms with Gasteiger partial charge in [0.2, 0.25) is 0 Å². The van der Waals surface area contributed by atoms with Crippen LogP contribution in [0.1, 0.15) is 23.7 Å². The highest BCUT2D eigenvalue weighted by molar-refractivity contribution is 5.45. The first-order chi connectivity index (χ1) is 8.31. The highest BCUT2D eigenvalue weighted by Gasteiger charge is 2.06. The average molecular weight is 228 g/mol. The van der Waals surface area contributed by atoms with Gasteiger partial charge in [-0.1, -0.05) is 6.07 Å². The van der Waals surface area contributed by atoms with Crippen LogP contribution in [0.2, 0.25) is 0 Å². The molecule has 0 amide bonds. The van der Waals surface area contributed by atoms with Crippen molar-refractivity contribution in [1.29, 1.82) is 0 Å². The molecular weight excluding hydrogens is 212 g/mol. The maximum atomic E-state index is 4.34. The molecule has 0 radical (unpaired) electrons. The number of rotatable bonds is 4. The lowest BCUT2D eigenvalue weighted by atomic mass is 10.1. The summed E-state index contributed by atoms with van der Waals surface area (Å²) in [6.07, 6.45) is 6.05. The van der Waals surface area contributed by atoms with Crippen LogP contribution in [0.4, 0.5) is 5.82 Å². The molecule has 2 heterocycles. The summed E-state index contributed by atoms with van der Waals surface area (Å²) in [7, 11) is 0. The zero-order valence-electron chi connectivity index (χ0n) is 10.1. The molecular formula is C13H16N4. The number of hydrogen-bond donors (Lipinski definition) is 1. The van der Waals surface area contributed by atoms with Gasteiger partial charge < -0.3 is 5.32 Å². The van der Waals surface area contributed by atoms with Gasteiger partial charge >= 0.3 is 0 Å². The Balaban J connectivity index is 2.24. The molecule has 88 valence electrons. The van der Waals surface area contributed by atoms with Crippen molar-refractivity contribution in [2.24, 2.45) is 0 Å². The van der Waals surface area contributed by atoms with Crippen molar-refractivity contribution in [3.63, 3.8) is 0 Å². The zero-order valence-corrected chi connectivity index (χ0v) is 10.1. The van der Waals surface area contributed by atoms with Gasteiger partial charge in [-0.25, -0.2) is 9.97 Å². The SMILES string of the molecule is CCNc1ncnc(Cc2cccnc2)c1C. The molecule has 0 unspecified atom stereocenters. The minimum absolute atomic E-state index is 0.792. The molecule has 4 nitrogen and oxygen atoms in total. The van der Waals surface area contributed by atoms with Gasteiger partial charge in [0.25, 0.3) is 0 Å². The van der Waals surface area contributed by atoms with Gasteiger partial charge in [0, 0.05) is 30.9 Å². The summed E-state index contributed by atoms with van der Waals surface area (Å²) in [4.78, 5) is 12.7. The van der Waals surface area contributed by atoms with E-state index in [9.17, 15) is 0 Å². The molecule has 0 bridgehead atoms. The summed E-state index contributed by atoms with van der Waals surface area (Å²) < 4.78 is 0. The minimum Gasteiger partial charge on any atom is -0.370 e. The summed E-state index contributed by atoms with van der Waals surface area (Å²) in [5, 5.41) is 3.24. The number of hydrogen-bond acceptors (Lipinski definition) is 4. The second-order valence-electron chi connectivity index (χ2n) is 3.86. The second-order valence-corrected chi connectivity index (χ2v) is 3.86. The first-order valence-electron chi connectivity index (χ1n) is 5.74. The third-order valence-electron chi connectivity index (χ3n) is 2.63. The zero-order chi connectivity index (χ0) is 12.1. The van der Waals surface area contributed by atoms with E-state index in [-0.39, 0.29) is 0 Å². The molecule has 0 saturated heterocycles. The summed E-state index contributed by atoms with van der Waals surface area (Å²) in [5.74, 6) is 0.918. The first-order valence-corrected chi connectivity index (χ1v) is 5.74. The average Bonchev–Trinajstić information content (AvgIpc) is 2.36. The lowest BCUT2D eigenvalue weighted by Crippen LogP contribution is -2.06. The monoisotopic (exact) mass is 228 g/mol. The molecule has 0 saturated carbocycles. The second kappa shape index (κ2) is 5.39. The fourth-order valence-corrected chi connectivity index (χ4v) is 1.71.